The number of piperazine rings is 1. The molecule has 14 heavy (non-hydrogen) atoms. The number of hydrogen-bond donors (Lipinski definition) is 0. The Morgan fingerprint density at radius 2 is 1.79 bits per heavy atom. The first-order valence-electron chi connectivity index (χ1n) is 5.78. The van der Waals surface area contributed by atoms with E-state index in [0.29, 0.717) is 6.10 Å². The molecule has 0 amide bonds. The van der Waals surface area contributed by atoms with E-state index in [9.17, 15) is 0 Å². The molecule has 0 radical (unpaired) electrons. The van der Waals surface area contributed by atoms with Gasteiger partial charge in [-0.1, -0.05) is 6.92 Å². The molecule has 84 valence electrons. The third-order valence-electron chi connectivity index (χ3n) is 2.92. The maximum atomic E-state index is 5.67. The van der Waals surface area contributed by atoms with E-state index in [4.69, 9.17) is 4.74 Å². The van der Waals surface area contributed by atoms with Crippen LogP contribution in [0, 0.1) is 0 Å². The fraction of sp³-hybridized carbons (Fsp3) is 1.00. The second-order valence-corrected chi connectivity index (χ2v) is 4.09. The van der Waals surface area contributed by atoms with Crippen molar-refractivity contribution in [3.05, 3.63) is 0 Å². The van der Waals surface area contributed by atoms with Crippen molar-refractivity contribution in [2.45, 2.75) is 26.4 Å². The van der Waals surface area contributed by atoms with Crippen LogP contribution in [0.5, 0.6) is 0 Å². The molecule has 0 aromatic rings. The predicted octanol–water partition coefficient (Wildman–Crippen LogP) is 1.05. The first kappa shape index (κ1) is 12.0. The number of ether oxygens (including phenoxy) is 1. The Morgan fingerprint density at radius 3 is 2.29 bits per heavy atom. The van der Waals surface area contributed by atoms with Crippen LogP contribution in [0.3, 0.4) is 0 Å². The van der Waals surface area contributed by atoms with Crippen LogP contribution in [0.1, 0.15) is 20.3 Å². The zero-order valence-corrected chi connectivity index (χ0v) is 9.83. The first-order valence-corrected chi connectivity index (χ1v) is 5.78. The Balaban J connectivity index is 2.21. The molecule has 1 aliphatic rings. The lowest BCUT2D eigenvalue weighted by atomic mass is 10.2. The highest BCUT2D eigenvalue weighted by molar-refractivity contribution is 4.72. The Bertz CT molecular complexity index is 144. The van der Waals surface area contributed by atoms with Gasteiger partial charge < -0.3 is 9.64 Å². The first-order chi connectivity index (χ1) is 6.76. The maximum absolute atomic E-state index is 5.67. The van der Waals surface area contributed by atoms with Crippen molar-refractivity contribution in [2.75, 3.05) is 46.4 Å². The molecule has 1 saturated heterocycles. The number of nitrogens with zero attached hydrogens (tertiary/aromatic N) is 2. The summed E-state index contributed by atoms with van der Waals surface area (Å²) >= 11 is 0. The highest BCUT2D eigenvalue weighted by Gasteiger charge is 2.17. The molecule has 1 fully saturated rings. The van der Waals surface area contributed by atoms with Gasteiger partial charge in [-0.2, -0.15) is 0 Å². The Kier molecular flexibility index (Phi) is 5.45. The van der Waals surface area contributed by atoms with Gasteiger partial charge in [-0.25, -0.2) is 0 Å². The zero-order valence-electron chi connectivity index (χ0n) is 9.83. The summed E-state index contributed by atoms with van der Waals surface area (Å²) in [6.07, 6.45) is 1.56. The maximum Gasteiger partial charge on any atom is 0.0699 e. The summed E-state index contributed by atoms with van der Waals surface area (Å²) in [6.45, 7) is 11.0. The van der Waals surface area contributed by atoms with Crippen LogP contribution in [0.15, 0.2) is 0 Å². The molecule has 1 unspecified atom stereocenters. The van der Waals surface area contributed by atoms with E-state index >= 15 is 0 Å². The van der Waals surface area contributed by atoms with E-state index in [1.54, 1.807) is 0 Å². The van der Waals surface area contributed by atoms with Gasteiger partial charge in [0.2, 0.25) is 0 Å². The standard InChI is InChI=1S/C11H24N2O/c1-4-11(14-5-2)10-13-8-6-12(3)7-9-13/h11H,4-10H2,1-3H3. The molecule has 0 aliphatic carbocycles. The molecule has 0 bridgehead atoms. The summed E-state index contributed by atoms with van der Waals surface area (Å²) in [5, 5.41) is 0. The fourth-order valence-electron chi connectivity index (χ4n) is 1.85. The quantitative estimate of drug-likeness (QED) is 0.660. The normalized spacial score (nSPS) is 22.5. The van der Waals surface area contributed by atoms with Crippen LogP contribution < -0.4 is 0 Å². The third-order valence-corrected chi connectivity index (χ3v) is 2.92. The lowest BCUT2D eigenvalue weighted by molar-refractivity contribution is 0.0202. The topological polar surface area (TPSA) is 15.7 Å². The lowest BCUT2D eigenvalue weighted by Gasteiger charge is -2.34. The third kappa shape index (κ3) is 3.95. The van der Waals surface area contributed by atoms with Crippen LogP contribution in [0.4, 0.5) is 0 Å². The molecule has 0 spiro atoms. The van der Waals surface area contributed by atoms with Crippen molar-refractivity contribution >= 4 is 0 Å². The number of hydrogen-bond acceptors (Lipinski definition) is 3. The average Bonchev–Trinajstić information content (AvgIpc) is 2.20. The number of likely N-dealkylation sites (N-methyl/N-ethyl adjacent to an activating group) is 1. The summed E-state index contributed by atoms with van der Waals surface area (Å²) in [5.74, 6) is 0. The Hall–Kier alpha value is -0.120. The van der Waals surface area contributed by atoms with Crippen LogP contribution >= 0.6 is 0 Å². The van der Waals surface area contributed by atoms with Crippen LogP contribution in [0.2, 0.25) is 0 Å². The molecule has 1 aliphatic heterocycles. The molecule has 0 saturated carbocycles. The summed E-state index contributed by atoms with van der Waals surface area (Å²) < 4.78 is 5.67. The highest BCUT2D eigenvalue weighted by atomic mass is 16.5. The molecule has 1 rings (SSSR count). The molecule has 1 heterocycles. The summed E-state index contributed by atoms with van der Waals surface area (Å²) in [6, 6.07) is 0. The van der Waals surface area contributed by atoms with Gasteiger partial charge in [0.25, 0.3) is 0 Å². The average molecular weight is 200 g/mol. The predicted molar refractivity (Wildman–Crippen MR) is 59.6 cm³/mol. The molecule has 3 heteroatoms. The molecule has 1 atom stereocenters. The fourth-order valence-corrected chi connectivity index (χ4v) is 1.85. The van der Waals surface area contributed by atoms with Gasteiger partial charge in [-0.15, -0.1) is 0 Å². The van der Waals surface area contributed by atoms with Gasteiger partial charge in [0, 0.05) is 39.3 Å². The van der Waals surface area contributed by atoms with Crippen LogP contribution in [-0.4, -0.2) is 62.3 Å². The molecular weight excluding hydrogens is 176 g/mol. The van der Waals surface area contributed by atoms with Crippen LogP contribution in [-0.2, 0) is 4.74 Å². The Morgan fingerprint density at radius 1 is 1.14 bits per heavy atom. The zero-order chi connectivity index (χ0) is 10.4. The van der Waals surface area contributed by atoms with Crippen molar-refractivity contribution in [1.82, 2.24) is 9.80 Å². The van der Waals surface area contributed by atoms with Crippen molar-refractivity contribution in [3.8, 4) is 0 Å². The van der Waals surface area contributed by atoms with E-state index in [1.807, 2.05) is 0 Å². The highest BCUT2D eigenvalue weighted by Crippen LogP contribution is 2.05. The second-order valence-electron chi connectivity index (χ2n) is 4.09. The van der Waals surface area contributed by atoms with Gasteiger partial charge in [-0.3, -0.25) is 4.90 Å². The lowest BCUT2D eigenvalue weighted by Crippen LogP contribution is -2.47. The Labute approximate surface area is 88.0 Å². The van der Waals surface area contributed by atoms with Crippen molar-refractivity contribution in [3.63, 3.8) is 0 Å². The van der Waals surface area contributed by atoms with E-state index in [1.165, 1.54) is 26.2 Å². The second kappa shape index (κ2) is 6.38. The summed E-state index contributed by atoms with van der Waals surface area (Å²) in [5.41, 5.74) is 0. The smallest absolute Gasteiger partial charge is 0.0699 e. The molecule has 0 aromatic carbocycles. The molecular formula is C11H24N2O. The number of rotatable bonds is 5. The van der Waals surface area contributed by atoms with E-state index < -0.39 is 0 Å². The van der Waals surface area contributed by atoms with Crippen molar-refractivity contribution in [1.29, 1.82) is 0 Å². The van der Waals surface area contributed by atoms with Gasteiger partial charge in [-0.05, 0) is 20.4 Å². The van der Waals surface area contributed by atoms with Crippen molar-refractivity contribution < 1.29 is 4.74 Å². The van der Waals surface area contributed by atoms with Crippen molar-refractivity contribution in [2.24, 2.45) is 0 Å². The molecule has 3 nitrogen and oxygen atoms in total. The van der Waals surface area contributed by atoms with E-state index in [-0.39, 0.29) is 0 Å². The van der Waals surface area contributed by atoms with Crippen LogP contribution in [0.25, 0.3) is 0 Å². The monoisotopic (exact) mass is 200 g/mol. The van der Waals surface area contributed by atoms with Gasteiger partial charge in [0.05, 0.1) is 6.10 Å². The SMILES string of the molecule is CCOC(CC)CN1CCN(C)CC1. The summed E-state index contributed by atoms with van der Waals surface area (Å²) in [4.78, 5) is 4.90. The molecule has 0 aromatic heterocycles. The van der Waals surface area contributed by atoms with E-state index in [0.717, 1.165) is 19.6 Å². The molecule has 0 N–H and O–H groups in total. The minimum atomic E-state index is 0.434. The van der Waals surface area contributed by atoms with E-state index in [2.05, 4.69) is 30.7 Å². The van der Waals surface area contributed by atoms with Gasteiger partial charge in [0.15, 0.2) is 0 Å². The van der Waals surface area contributed by atoms with Gasteiger partial charge >= 0.3 is 0 Å². The minimum Gasteiger partial charge on any atom is -0.377 e. The minimum absolute atomic E-state index is 0.434. The van der Waals surface area contributed by atoms with Gasteiger partial charge in [0.1, 0.15) is 0 Å². The largest absolute Gasteiger partial charge is 0.377 e. The summed E-state index contributed by atoms with van der Waals surface area (Å²) in [7, 11) is 2.19.